The van der Waals surface area contributed by atoms with E-state index in [1.807, 2.05) is 0 Å². The average Bonchev–Trinajstić information content (AvgIpc) is 2.56. The fraction of sp³-hybridized carbons (Fsp3) is 0. The van der Waals surface area contributed by atoms with Crippen LogP contribution in [0.5, 0.6) is 0 Å². The number of rotatable bonds is 1. The van der Waals surface area contributed by atoms with Gasteiger partial charge in [0.15, 0.2) is 6.29 Å². The fourth-order valence-electron chi connectivity index (χ4n) is 1.13. The van der Waals surface area contributed by atoms with Gasteiger partial charge in [-0.2, -0.15) is 0 Å². The van der Waals surface area contributed by atoms with Crippen LogP contribution in [0.1, 0.15) is 9.67 Å². The molecule has 66 valence electrons. The van der Waals surface area contributed by atoms with Gasteiger partial charge in [-0.25, -0.2) is 4.39 Å². The van der Waals surface area contributed by atoms with E-state index >= 15 is 0 Å². The molecule has 0 atom stereocenters. The van der Waals surface area contributed by atoms with E-state index in [1.54, 1.807) is 12.1 Å². The summed E-state index contributed by atoms with van der Waals surface area (Å²) in [5, 5.41) is 0.827. The van der Waals surface area contributed by atoms with Crippen molar-refractivity contribution in [2.75, 3.05) is 0 Å². The smallest absolute Gasteiger partial charge is 0.160 e. The average molecular weight is 306 g/mol. The molecule has 1 aromatic carbocycles. The fourth-order valence-corrected chi connectivity index (χ4v) is 2.83. The van der Waals surface area contributed by atoms with Crippen LogP contribution in [-0.4, -0.2) is 6.29 Å². The molecular weight excluding hydrogens is 302 g/mol. The van der Waals surface area contributed by atoms with Crippen molar-refractivity contribution in [1.82, 2.24) is 0 Å². The van der Waals surface area contributed by atoms with Gasteiger partial charge in [-0.05, 0) is 40.8 Å². The molecule has 0 saturated carbocycles. The van der Waals surface area contributed by atoms with Gasteiger partial charge in [0.05, 0.1) is 9.58 Å². The summed E-state index contributed by atoms with van der Waals surface area (Å²) < 4.78 is 14.7. The number of hydrogen-bond acceptors (Lipinski definition) is 2. The molecule has 13 heavy (non-hydrogen) atoms. The summed E-state index contributed by atoms with van der Waals surface area (Å²) in [6.45, 7) is 0. The summed E-state index contributed by atoms with van der Waals surface area (Å²) in [4.78, 5) is 11.1. The molecule has 2 aromatic rings. The quantitative estimate of drug-likeness (QED) is 0.582. The molecule has 0 aliphatic heterocycles. The molecule has 2 rings (SSSR count). The van der Waals surface area contributed by atoms with Gasteiger partial charge in [0, 0.05) is 8.96 Å². The number of benzene rings is 1. The van der Waals surface area contributed by atoms with Crippen LogP contribution < -0.4 is 0 Å². The van der Waals surface area contributed by atoms with Crippen LogP contribution in [0.15, 0.2) is 18.2 Å². The van der Waals surface area contributed by atoms with Gasteiger partial charge in [-0.1, -0.05) is 0 Å². The Hall–Kier alpha value is -0.490. The molecule has 0 bridgehead atoms. The third-order valence-corrected chi connectivity index (χ3v) is 3.73. The van der Waals surface area contributed by atoms with E-state index in [0.29, 0.717) is 9.58 Å². The largest absolute Gasteiger partial charge is 0.297 e. The lowest BCUT2D eigenvalue weighted by molar-refractivity contribution is 0.112. The molecule has 4 heteroatoms. The minimum atomic E-state index is -0.256. The first-order valence-corrected chi connectivity index (χ1v) is 5.44. The predicted molar refractivity (Wildman–Crippen MR) is 59.9 cm³/mol. The van der Waals surface area contributed by atoms with Crippen molar-refractivity contribution in [3.8, 4) is 0 Å². The summed E-state index contributed by atoms with van der Waals surface area (Å²) in [6.07, 6.45) is 0.750. The van der Waals surface area contributed by atoms with E-state index in [4.69, 9.17) is 0 Å². The molecular formula is C9H4FIOS. The molecule has 0 aliphatic rings. The number of halogens is 2. The second-order valence-electron chi connectivity index (χ2n) is 2.54. The van der Waals surface area contributed by atoms with Crippen molar-refractivity contribution < 1.29 is 9.18 Å². The highest BCUT2D eigenvalue weighted by atomic mass is 127. The highest BCUT2D eigenvalue weighted by Gasteiger charge is 2.08. The van der Waals surface area contributed by atoms with Gasteiger partial charge in [-0.3, -0.25) is 4.79 Å². The van der Waals surface area contributed by atoms with E-state index in [2.05, 4.69) is 22.6 Å². The first-order valence-electron chi connectivity index (χ1n) is 3.55. The maximum atomic E-state index is 13.2. The lowest BCUT2D eigenvalue weighted by atomic mass is 10.2. The zero-order chi connectivity index (χ0) is 9.42. The Labute approximate surface area is 91.7 Å². The van der Waals surface area contributed by atoms with E-state index in [1.165, 1.54) is 17.4 Å². The predicted octanol–water partition coefficient (Wildman–Crippen LogP) is 3.46. The molecule has 0 N–H and O–H groups in total. The molecule has 0 radical (unpaired) electrons. The van der Waals surface area contributed by atoms with E-state index in [-0.39, 0.29) is 5.82 Å². The second-order valence-corrected chi connectivity index (χ2v) is 4.78. The molecule has 0 unspecified atom stereocenters. The molecule has 0 saturated heterocycles. The molecule has 0 spiro atoms. The van der Waals surface area contributed by atoms with E-state index in [0.717, 1.165) is 15.2 Å². The van der Waals surface area contributed by atoms with E-state index in [9.17, 15) is 9.18 Å². The second kappa shape index (κ2) is 3.34. The monoisotopic (exact) mass is 306 g/mol. The van der Waals surface area contributed by atoms with Crippen molar-refractivity contribution >= 4 is 50.3 Å². The molecule has 0 amide bonds. The molecule has 1 nitrogen and oxygen atoms in total. The minimum absolute atomic E-state index is 0.256. The van der Waals surface area contributed by atoms with Crippen molar-refractivity contribution in [2.24, 2.45) is 0 Å². The van der Waals surface area contributed by atoms with Crippen LogP contribution in [0.2, 0.25) is 0 Å². The van der Waals surface area contributed by atoms with E-state index < -0.39 is 0 Å². The normalized spacial score (nSPS) is 10.6. The Morgan fingerprint density at radius 2 is 2.23 bits per heavy atom. The summed E-state index contributed by atoms with van der Waals surface area (Å²) >= 11 is 3.32. The van der Waals surface area contributed by atoms with Crippen LogP contribution in [0.4, 0.5) is 4.39 Å². The van der Waals surface area contributed by atoms with Gasteiger partial charge < -0.3 is 0 Å². The van der Waals surface area contributed by atoms with Gasteiger partial charge in [-0.15, -0.1) is 11.3 Å². The van der Waals surface area contributed by atoms with Crippen molar-refractivity contribution in [2.45, 2.75) is 0 Å². The van der Waals surface area contributed by atoms with Gasteiger partial charge in [0.2, 0.25) is 0 Å². The molecule has 0 fully saturated rings. The Bertz CT molecular complexity index is 439. The number of hydrogen-bond donors (Lipinski definition) is 0. The van der Waals surface area contributed by atoms with Gasteiger partial charge >= 0.3 is 0 Å². The molecule has 1 heterocycles. The highest BCUT2D eigenvalue weighted by Crippen LogP contribution is 2.30. The lowest BCUT2D eigenvalue weighted by Crippen LogP contribution is -1.76. The first-order chi connectivity index (χ1) is 6.22. The minimum Gasteiger partial charge on any atom is -0.297 e. The highest BCUT2D eigenvalue weighted by molar-refractivity contribution is 14.1. The Balaban J connectivity index is 2.87. The van der Waals surface area contributed by atoms with Crippen LogP contribution in [-0.2, 0) is 0 Å². The van der Waals surface area contributed by atoms with Crippen LogP contribution in [0.3, 0.4) is 0 Å². The summed E-state index contributed by atoms with van der Waals surface area (Å²) in [5.41, 5.74) is 0. The Morgan fingerprint density at radius 3 is 2.85 bits per heavy atom. The number of carbonyl (C=O) groups excluding carboxylic acids is 1. The Kier molecular flexibility index (Phi) is 2.33. The number of carbonyl (C=O) groups is 1. The first kappa shape index (κ1) is 9.08. The molecule has 1 aromatic heterocycles. The Morgan fingerprint density at radius 1 is 1.46 bits per heavy atom. The van der Waals surface area contributed by atoms with Gasteiger partial charge in [0.25, 0.3) is 0 Å². The van der Waals surface area contributed by atoms with Crippen LogP contribution in [0.25, 0.3) is 10.1 Å². The summed E-state index contributed by atoms with van der Waals surface area (Å²) in [6, 6.07) is 4.85. The lowest BCUT2D eigenvalue weighted by Gasteiger charge is -1.93. The number of fused-ring (bicyclic) bond motifs is 1. The standard InChI is InChI=1S/C9H4FIOS/c10-7-1-2-8(11)6-3-5(4-12)13-9(6)7/h1-4H. The maximum Gasteiger partial charge on any atom is 0.160 e. The number of thiophene rings is 1. The van der Waals surface area contributed by atoms with Crippen LogP contribution >= 0.6 is 33.9 Å². The van der Waals surface area contributed by atoms with Crippen molar-refractivity contribution in [1.29, 1.82) is 0 Å². The SMILES string of the molecule is O=Cc1cc2c(I)ccc(F)c2s1. The van der Waals surface area contributed by atoms with Crippen molar-refractivity contribution in [3.05, 3.63) is 32.5 Å². The van der Waals surface area contributed by atoms with Crippen molar-refractivity contribution in [3.63, 3.8) is 0 Å². The maximum absolute atomic E-state index is 13.2. The third kappa shape index (κ3) is 1.48. The molecule has 0 aliphatic carbocycles. The summed E-state index contributed by atoms with van der Waals surface area (Å²) in [7, 11) is 0. The zero-order valence-electron chi connectivity index (χ0n) is 6.38. The zero-order valence-corrected chi connectivity index (χ0v) is 9.36. The summed E-state index contributed by atoms with van der Waals surface area (Å²) in [5.74, 6) is -0.256. The van der Waals surface area contributed by atoms with Crippen LogP contribution in [0, 0.1) is 9.39 Å². The van der Waals surface area contributed by atoms with Gasteiger partial charge in [0.1, 0.15) is 5.82 Å². The topological polar surface area (TPSA) is 17.1 Å². The number of aldehydes is 1. The third-order valence-electron chi connectivity index (χ3n) is 1.72.